The standard InChI is InChI=1S/C14H20N2O4/c1-19-14(20-2)11-7-9-15(10-8-11)12-3-5-13(6-4-12)16(17)18/h3-6,11,14H,7-10H2,1-2H3. The van der Waals surface area contributed by atoms with E-state index in [1.807, 2.05) is 12.1 Å². The van der Waals surface area contributed by atoms with E-state index in [0.29, 0.717) is 5.92 Å². The van der Waals surface area contributed by atoms with Crippen molar-refractivity contribution in [2.24, 2.45) is 5.92 Å². The number of nitro groups is 1. The average Bonchev–Trinajstić information content (AvgIpc) is 2.49. The van der Waals surface area contributed by atoms with Crippen LogP contribution in [0.5, 0.6) is 0 Å². The molecule has 1 aromatic rings. The van der Waals surface area contributed by atoms with E-state index in [0.717, 1.165) is 31.6 Å². The quantitative estimate of drug-likeness (QED) is 0.471. The summed E-state index contributed by atoms with van der Waals surface area (Å²) >= 11 is 0. The highest BCUT2D eigenvalue weighted by Gasteiger charge is 2.26. The number of anilines is 1. The van der Waals surface area contributed by atoms with Gasteiger partial charge in [0.1, 0.15) is 0 Å². The molecule has 1 fully saturated rings. The molecule has 2 rings (SSSR count). The lowest BCUT2D eigenvalue weighted by Crippen LogP contribution is -2.39. The van der Waals surface area contributed by atoms with E-state index in [4.69, 9.17) is 9.47 Å². The van der Waals surface area contributed by atoms with Crippen LogP contribution >= 0.6 is 0 Å². The number of non-ortho nitro benzene ring substituents is 1. The van der Waals surface area contributed by atoms with E-state index in [9.17, 15) is 10.1 Å². The van der Waals surface area contributed by atoms with Crippen LogP contribution in [0.4, 0.5) is 11.4 Å². The molecular formula is C14H20N2O4. The molecule has 0 bridgehead atoms. The van der Waals surface area contributed by atoms with Crippen molar-refractivity contribution >= 4 is 11.4 Å². The van der Waals surface area contributed by atoms with Gasteiger partial charge in [-0.05, 0) is 25.0 Å². The molecule has 0 amide bonds. The zero-order valence-electron chi connectivity index (χ0n) is 11.8. The highest BCUT2D eigenvalue weighted by atomic mass is 16.7. The Hall–Kier alpha value is -1.66. The summed E-state index contributed by atoms with van der Waals surface area (Å²) in [5.74, 6) is 0.402. The zero-order chi connectivity index (χ0) is 14.5. The van der Waals surface area contributed by atoms with Crippen LogP contribution in [0.25, 0.3) is 0 Å². The number of hydrogen-bond acceptors (Lipinski definition) is 5. The van der Waals surface area contributed by atoms with Crippen molar-refractivity contribution in [2.75, 3.05) is 32.2 Å². The molecule has 0 unspecified atom stereocenters. The summed E-state index contributed by atoms with van der Waals surface area (Å²) in [5, 5.41) is 10.6. The van der Waals surface area contributed by atoms with E-state index < -0.39 is 0 Å². The van der Waals surface area contributed by atoms with Gasteiger partial charge >= 0.3 is 0 Å². The molecular weight excluding hydrogens is 260 g/mol. The Kier molecular flexibility index (Phi) is 4.92. The molecule has 1 aromatic carbocycles. The highest BCUT2D eigenvalue weighted by Crippen LogP contribution is 2.27. The van der Waals surface area contributed by atoms with Crippen molar-refractivity contribution < 1.29 is 14.4 Å². The molecule has 0 N–H and O–H groups in total. The highest BCUT2D eigenvalue weighted by molar-refractivity contribution is 5.51. The van der Waals surface area contributed by atoms with Crippen molar-refractivity contribution in [3.63, 3.8) is 0 Å². The van der Waals surface area contributed by atoms with Crippen LogP contribution in [0.15, 0.2) is 24.3 Å². The predicted molar refractivity (Wildman–Crippen MR) is 75.8 cm³/mol. The molecule has 0 aromatic heterocycles. The first-order chi connectivity index (χ1) is 9.65. The minimum atomic E-state index is -0.377. The Balaban J connectivity index is 1.95. The van der Waals surface area contributed by atoms with Crippen LogP contribution in [0, 0.1) is 16.0 Å². The number of benzene rings is 1. The first-order valence-electron chi connectivity index (χ1n) is 6.70. The lowest BCUT2D eigenvalue weighted by molar-refractivity contribution is -0.384. The molecule has 0 atom stereocenters. The minimum absolute atomic E-state index is 0.127. The summed E-state index contributed by atoms with van der Waals surface area (Å²) in [6.45, 7) is 1.82. The Morgan fingerprint density at radius 1 is 1.20 bits per heavy atom. The van der Waals surface area contributed by atoms with Crippen LogP contribution < -0.4 is 4.90 Å². The molecule has 20 heavy (non-hydrogen) atoms. The van der Waals surface area contributed by atoms with Gasteiger partial charge in [0.2, 0.25) is 0 Å². The summed E-state index contributed by atoms with van der Waals surface area (Å²) in [4.78, 5) is 12.5. The van der Waals surface area contributed by atoms with Crippen LogP contribution in [0.1, 0.15) is 12.8 Å². The molecule has 0 saturated carbocycles. The van der Waals surface area contributed by atoms with Crippen molar-refractivity contribution in [1.82, 2.24) is 0 Å². The van der Waals surface area contributed by atoms with Crippen LogP contribution in [0.3, 0.4) is 0 Å². The van der Waals surface area contributed by atoms with E-state index >= 15 is 0 Å². The number of hydrogen-bond donors (Lipinski definition) is 0. The zero-order valence-corrected chi connectivity index (χ0v) is 11.8. The first kappa shape index (κ1) is 14.7. The van der Waals surface area contributed by atoms with E-state index in [1.54, 1.807) is 26.4 Å². The Labute approximate surface area is 118 Å². The average molecular weight is 280 g/mol. The van der Waals surface area contributed by atoms with E-state index in [2.05, 4.69) is 4.90 Å². The third kappa shape index (κ3) is 3.26. The number of methoxy groups -OCH3 is 2. The molecule has 1 heterocycles. The summed E-state index contributed by atoms with van der Waals surface area (Å²) < 4.78 is 10.6. The van der Waals surface area contributed by atoms with Crippen molar-refractivity contribution in [3.8, 4) is 0 Å². The van der Waals surface area contributed by atoms with Crippen molar-refractivity contribution in [2.45, 2.75) is 19.1 Å². The van der Waals surface area contributed by atoms with Gasteiger partial charge in [-0.3, -0.25) is 10.1 Å². The first-order valence-corrected chi connectivity index (χ1v) is 6.70. The number of nitro benzene ring substituents is 1. The van der Waals surface area contributed by atoms with E-state index in [1.165, 1.54) is 0 Å². The molecule has 0 radical (unpaired) electrons. The lowest BCUT2D eigenvalue weighted by atomic mass is 9.95. The van der Waals surface area contributed by atoms with Gasteiger partial charge < -0.3 is 14.4 Å². The monoisotopic (exact) mass is 280 g/mol. The van der Waals surface area contributed by atoms with Crippen molar-refractivity contribution in [3.05, 3.63) is 34.4 Å². The molecule has 0 aliphatic carbocycles. The summed E-state index contributed by atoms with van der Waals surface area (Å²) in [6, 6.07) is 6.72. The van der Waals surface area contributed by atoms with Gasteiger partial charge in [-0.25, -0.2) is 0 Å². The van der Waals surface area contributed by atoms with Gasteiger partial charge in [0.05, 0.1) is 4.92 Å². The Morgan fingerprint density at radius 3 is 2.20 bits per heavy atom. The van der Waals surface area contributed by atoms with Gasteiger partial charge in [0, 0.05) is 51.0 Å². The molecule has 6 nitrogen and oxygen atoms in total. The summed E-state index contributed by atoms with van der Waals surface area (Å²) in [7, 11) is 3.33. The third-order valence-electron chi connectivity index (χ3n) is 3.81. The fraction of sp³-hybridized carbons (Fsp3) is 0.571. The maximum atomic E-state index is 10.6. The second-order valence-corrected chi connectivity index (χ2v) is 4.94. The molecule has 1 saturated heterocycles. The van der Waals surface area contributed by atoms with Crippen LogP contribution in [-0.2, 0) is 9.47 Å². The maximum Gasteiger partial charge on any atom is 0.269 e. The van der Waals surface area contributed by atoms with Crippen LogP contribution in [0.2, 0.25) is 0 Å². The second kappa shape index (κ2) is 6.67. The van der Waals surface area contributed by atoms with Gasteiger partial charge in [-0.2, -0.15) is 0 Å². The maximum absolute atomic E-state index is 10.6. The Morgan fingerprint density at radius 2 is 1.75 bits per heavy atom. The number of rotatable bonds is 5. The van der Waals surface area contributed by atoms with Gasteiger partial charge in [0.15, 0.2) is 6.29 Å². The summed E-state index contributed by atoms with van der Waals surface area (Å²) in [5.41, 5.74) is 1.16. The molecule has 1 aliphatic rings. The summed E-state index contributed by atoms with van der Waals surface area (Å²) in [6.07, 6.45) is 1.83. The topological polar surface area (TPSA) is 64.8 Å². The normalized spacial score (nSPS) is 16.6. The van der Waals surface area contributed by atoms with Crippen LogP contribution in [-0.4, -0.2) is 38.5 Å². The molecule has 0 spiro atoms. The Bertz CT molecular complexity index is 437. The smallest absolute Gasteiger partial charge is 0.269 e. The SMILES string of the molecule is COC(OC)C1CCN(c2ccc([N+](=O)[O-])cc2)CC1. The fourth-order valence-corrected chi connectivity index (χ4v) is 2.70. The fourth-order valence-electron chi connectivity index (χ4n) is 2.70. The van der Waals surface area contributed by atoms with Gasteiger partial charge in [0.25, 0.3) is 5.69 Å². The lowest BCUT2D eigenvalue weighted by Gasteiger charge is -2.36. The largest absolute Gasteiger partial charge is 0.372 e. The van der Waals surface area contributed by atoms with Gasteiger partial charge in [-0.15, -0.1) is 0 Å². The predicted octanol–water partition coefficient (Wildman–Crippen LogP) is 2.43. The minimum Gasteiger partial charge on any atom is -0.372 e. The molecule has 1 aliphatic heterocycles. The number of piperidine rings is 1. The van der Waals surface area contributed by atoms with E-state index in [-0.39, 0.29) is 16.9 Å². The third-order valence-corrected chi connectivity index (χ3v) is 3.81. The number of ether oxygens (including phenoxy) is 2. The van der Waals surface area contributed by atoms with Crippen molar-refractivity contribution in [1.29, 1.82) is 0 Å². The van der Waals surface area contributed by atoms with Gasteiger partial charge in [-0.1, -0.05) is 0 Å². The second-order valence-electron chi connectivity index (χ2n) is 4.94. The molecule has 6 heteroatoms. The number of nitrogens with zero attached hydrogens (tertiary/aromatic N) is 2. The molecule has 110 valence electrons.